The lowest BCUT2D eigenvalue weighted by molar-refractivity contribution is -0.132. The molecule has 2 heterocycles. The van der Waals surface area contributed by atoms with Crippen LogP contribution in [0, 0.1) is 5.92 Å². The zero-order chi connectivity index (χ0) is 22.7. The number of furan rings is 1. The lowest BCUT2D eigenvalue weighted by Crippen LogP contribution is -2.49. The maximum Gasteiger partial charge on any atom is 0.291 e. The Balaban J connectivity index is 1.55. The molecule has 1 aromatic carbocycles. The number of nitrogens with one attached hydrogen (secondary N) is 1. The highest BCUT2D eigenvalue weighted by atomic mass is 16.3. The van der Waals surface area contributed by atoms with E-state index in [0.29, 0.717) is 50.5 Å². The number of amides is 3. The Morgan fingerprint density at radius 3 is 2.38 bits per heavy atom. The summed E-state index contributed by atoms with van der Waals surface area (Å²) in [4.78, 5) is 44.0. The highest BCUT2D eigenvalue weighted by molar-refractivity contribution is 6.05. The van der Waals surface area contributed by atoms with Gasteiger partial charge in [-0.3, -0.25) is 14.4 Å². The van der Waals surface area contributed by atoms with Crippen LogP contribution < -0.4 is 10.2 Å². The van der Waals surface area contributed by atoms with Gasteiger partial charge < -0.3 is 24.4 Å². The van der Waals surface area contributed by atoms with Crippen LogP contribution in [-0.4, -0.2) is 66.8 Å². The fraction of sp³-hybridized carbons (Fsp3) is 0.458. The molecule has 1 aliphatic heterocycles. The summed E-state index contributed by atoms with van der Waals surface area (Å²) in [5, 5.41) is 2.81. The molecule has 1 aliphatic carbocycles. The summed E-state index contributed by atoms with van der Waals surface area (Å²) in [5.41, 5.74) is 1.91. The molecule has 4 rings (SSSR count). The molecule has 0 bridgehead atoms. The highest BCUT2D eigenvalue weighted by Gasteiger charge is 2.35. The predicted octanol–water partition coefficient (Wildman–Crippen LogP) is 3.07. The van der Waals surface area contributed by atoms with Crippen molar-refractivity contribution < 1.29 is 18.8 Å². The van der Waals surface area contributed by atoms with E-state index >= 15 is 0 Å². The third kappa shape index (κ3) is 4.64. The van der Waals surface area contributed by atoms with E-state index in [-0.39, 0.29) is 29.4 Å². The van der Waals surface area contributed by atoms with Crippen LogP contribution in [0.5, 0.6) is 0 Å². The van der Waals surface area contributed by atoms with Crippen LogP contribution in [0.15, 0.2) is 41.0 Å². The lowest BCUT2D eigenvalue weighted by Gasteiger charge is -2.37. The van der Waals surface area contributed by atoms with Gasteiger partial charge in [0.1, 0.15) is 0 Å². The van der Waals surface area contributed by atoms with Crippen LogP contribution in [0.1, 0.15) is 47.6 Å². The Morgan fingerprint density at radius 2 is 1.78 bits per heavy atom. The minimum Gasteiger partial charge on any atom is -0.459 e. The summed E-state index contributed by atoms with van der Waals surface area (Å²) in [6, 6.07) is 8.66. The molecule has 2 aromatic rings. The molecule has 8 heteroatoms. The van der Waals surface area contributed by atoms with Crippen molar-refractivity contribution >= 4 is 29.1 Å². The van der Waals surface area contributed by atoms with Gasteiger partial charge in [0.05, 0.1) is 11.8 Å². The first kappa shape index (κ1) is 21.9. The zero-order valence-electron chi connectivity index (χ0n) is 18.7. The van der Waals surface area contributed by atoms with Crippen LogP contribution in [0.2, 0.25) is 0 Å². The predicted molar refractivity (Wildman–Crippen MR) is 122 cm³/mol. The third-order valence-corrected chi connectivity index (χ3v) is 6.14. The number of anilines is 2. The van der Waals surface area contributed by atoms with Crippen molar-refractivity contribution in [1.29, 1.82) is 0 Å². The Morgan fingerprint density at radius 1 is 1.06 bits per heavy atom. The van der Waals surface area contributed by atoms with E-state index in [4.69, 9.17) is 4.42 Å². The maximum atomic E-state index is 13.3. The first-order valence-electron chi connectivity index (χ1n) is 11.3. The second kappa shape index (κ2) is 9.46. The summed E-state index contributed by atoms with van der Waals surface area (Å²) in [5.74, 6) is 0.257. The topological polar surface area (TPSA) is 86.1 Å². The van der Waals surface area contributed by atoms with Crippen molar-refractivity contribution in [1.82, 2.24) is 9.80 Å². The number of nitrogens with zero attached hydrogens (tertiary/aromatic N) is 3. The SMILES string of the molecule is CCN(CC)C(=O)c1cc(NC(=O)c2ccco2)ccc1N1CCN(C(=O)C2CC2)CC1. The second-order valence-electron chi connectivity index (χ2n) is 8.23. The van der Waals surface area contributed by atoms with Gasteiger partial charge in [0.2, 0.25) is 5.91 Å². The van der Waals surface area contributed by atoms with Crippen LogP contribution in [0.4, 0.5) is 11.4 Å². The van der Waals surface area contributed by atoms with Gasteiger partial charge in [-0.15, -0.1) is 0 Å². The average Bonchev–Trinajstić information content (AvgIpc) is 3.52. The van der Waals surface area contributed by atoms with Gasteiger partial charge in [0, 0.05) is 56.6 Å². The number of rotatable bonds is 7. The molecule has 0 atom stereocenters. The molecule has 1 saturated carbocycles. The fourth-order valence-corrected chi connectivity index (χ4v) is 4.10. The molecule has 3 amide bonds. The van der Waals surface area contributed by atoms with E-state index < -0.39 is 0 Å². The molecule has 1 aromatic heterocycles. The molecule has 1 saturated heterocycles. The second-order valence-corrected chi connectivity index (χ2v) is 8.23. The van der Waals surface area contributed by atoms with Crippen LogP contribution >= 0.6 is 0 Å². The van der Waals surface area contributed by atoms with Crippen molar-refractivity contribution in [2.75, 3.05) is 49.5 Å². The Labute approximate surface area is 188 Å². The lowest BCUT2D eigenvalue weighted by atomic mass is 10.1. The van der Waals surface area contributed by atoms with Crippen LogP contribution in [0.3, 0.4) is 0 Å². The van der Waals surface area contributed by atoms with Crippen molar-refractivity contribution in [2.45, 2.75) is 26.7 Å². The zero-order valence-corrected chi connectivity index (χ0v) is 18.7. The number of piperazine rings is 1. The fourth-order valence-electron chi connectivity index (χ4n) is 4.10. The summed E-state index contributed by atoms with van der Waals surface area (Å²) in [7, 11) is 0. The van der Waals surface area contributed by atoms with Crippen molar-refractivity contribution in [3.05, 3.63) is 47.9 Å². The molecule has 2 fully saturated rings. The molecule has 0 spiro atoms. The Hall–Kier alpha value is -3.29. The largest absolute Gasteiger partial charge is 0.459 e. The van der Waals surface area contributed by atoms with Gasteiger partial charge in [0.25, 0.3) is 11.8 Å². The molecule has 8 nitrogen and oxygen atoms in total. The summed E-state index contributed by atoms with van der Waals surface area (Å²) < 4.78 is 5.16. The number of hydrogen-bond acceptors (Lipinski definition) is 5. The van der Waals surface area contributed by atoms with Crippen molar-refractivity contribution in [3.8, 4) is 0 Å². The summed E-state index contributed by atoms with van der Waals surface area (Å²) in [6.07, 6.45) is 3.46. The van der Waals surface area contributed by atoms with E-state index in [0.717, 1.165) is 18.5 Å². The van der Waals surface area contributed by atoms with Crippen molar-refractivity contribution in [3.63, 3.8) is 0 Å². The normalized spacial score (nSPS) is 16.1. The number of hydrogen-bond donors (Lipinski definition) is 1. The summed E-state index contributed by atoms with van der Waals surface area (Å²) in [6.45, 7) is 7.77. The van der Waals surface area contributed by atoms with E-state index in [9.17, 15) is 14.4 Å². The average molecular weight is 439 g/mol. The maximum absolute atomic E-state index is 13.3. The minimum absolute atomic E-state index is 0.0735. The molecule has 170 valence electrons. The monoisotopic (exact) mass is 438 g/mol. The first-order chi connectivity index (χ1) is 15.5. The molecular formula is C24H30N4O4. The van der Waals surface area contributed by atoms with E-state index in [1.54, 1.807) is 29.2 Å². The smallest absolute Gasteiger partial charge is 0.291 e. The minimum atomic E-state index is -0.365. The first-order valence-corrected chi connectivity index (χ1v) is 11.3. The molecule has 0 unspecified atom stereocenters. The molecule has 1 N–H and O–H groups in total. The van der Waals surface area contributed by atoms with Gasteiger partial charge in [-0.25, -0.2) is 0 Å². The number of carbonyl (C=O) groups excluding carboxylic acids is 3. The van der Waals surface area contributed by atoms with Gasteiger partial charge in [-0.1, -0.05) is 0 Å². The Kier molecular flexibility index (Phi) is 6.48. The number of carbonyl (C=O) groups is 3. The Bertz CT molecular complexity index is 972. The number of benzene rings is 1. The summed E-state index contributed by atoms with van der Waals surface area (Å²) >= 11 is 0. The van der Waals surface area contributed by atoms with Crippen molar-refractivity contribution in [2.24, 2.45) is 5.92 Å². The van der Waals surface area contributed by atoms with Gasteiger partial charge in [-0.2, -0.15) is 0 Å². The quantitative estimate of drug-likeness (QED) is 0.718. The van der Waals surface area contributed by atoms with Crippen LogP contribution in [0.25, 0.3) is 0 Å². The van der Waals surface area contributed by atoms with E-state index in [1.165, 1.54) is 6.26 Å². The molecule has 0 radical (unpaired) electrons. The van der Waals surface area contributed by atoms with E-state index in [1.807, 2.05) is 24.8 Å². The molecular weight excluding hydrogens is 408 g/mol. The van der Waals surface area contributed by atoms with Gasteiger partial charge in [-0.05, 0) is 57.0 Å². The molecule has 2 aliphatic rings. The highest BCUT2D eigenvalue weighted by Crippen LogP contribution is 2.32. The van der Waals surface area contributed by atoms with Crippen LogP contribution in [-0.2, 0) is 4.79 Å². The van der Waals surface area contributed by atoms with Gasteiger partial charge >= 0.3 is 0 Å². The molecule has 32 heavy (non-hydrogen) atoms. The van der Waals surface area contributed by atoms with E-state index in [2.05, 4.69) is 10.2 Å². The third-order valence-electron chi connectivity index (χ3n) is 6.14. The van der Waals surface area contributed by atoms with Gasteiger partial charge in [0.15, 0.2) is 5.76 Å². The standard InChI is InChI=1S/C24H30N4O4/c1-3-26(4-2)24(31)19-16-18(25-22(29)21-6-5-15-32-21)9-10-20(19)27-11-13-28(14-12-27)23(30)17-7-8-17/h5-6,9-10,15-17H,3-4,7-8,11-14H2,1-2H3,(H,25,29).